The van der Waals surface area contributed by atoms with E-state index in [1.165, 1.54) is 0 Å². The first kappa shape index (κ1) is 19.2. The molecule has 1 aromatic heterocycles. The second kappa shape index (κ2) is 9.41. The van der Waals surface area contributed by atoms with Crippen LogP contribution in [-0.2, 0) is 11.3 Å². The lowest BCUT2D eigenvalue weighted by Gasteiger charge is -2.32. The number of carbonyl (C=O) groups excluding carboxylic acids is 1. The maximum Gasteiger partial charge on any atom is 0.317 e. The number of ether oxygens (including phenoxy) is 2. The molecular formula is C20H28N4O3. The van der Waals surface area contributed by atoms with Gasteiger partial charge in [0.1, 0.15) is 11.4 Å². The number of carbonyl (C=O) groups is 1. The van der Waals surface area contributed by atoms with Crippen molar-refractivity contribution in [3.63, 3.8) is 0 Å². The van der Waals surface area contributed by atoms with E-state index < -0.39 is 0 Å². The average Bonchev–Trinajstić information content (AvgIpc) is 3.19. The van der Waals surface area contributed by atoms with Crippen LogP contribution in [0.4, 0.5) is 4.79 Å². The van der Waals surface area contributed by atoms with Gasteiger partial charge in [-0.3, -0.25) is 0 Å². The molecular weight excluding hydrogens is 344 g/mol. The lowest BCUT2D eigenvalue weighted by Crippen LogP contribution is -2.47. The van der Waals surface area contributed by atoms with Gasteiger partial charge in [0.05, 0.1) is 19.4 Å². The number of aromatic nitrogens is 2. The molecule has 1 fully saturated rings. The summed E-state index contributed by atoms with van der Waals surface area (Å²) < 4.78 is 12.9. The Morgan fingerprint density at radius 1 is 1.37 bits per heavy atom. The summed E-state index contributed by atoms with van der Waals surface area (Å²) >= 11 is 0. The average molecular weight is 372 g/mol. The zero-order valence-electron chi connectivity index (χ0n) is 16.1. The molecule has 0 spiro atoms. The van der Waals surface area contributed by atoms with Crippen molar-refractivity contribution in [2.24, 2.45) is 0 Å². The van der Waals surface area contributed by atoms with Crippen LogP contribution in [-0.4, -0.2) is 53.6 Å². The van der Waals surface area contributed by atoms with E-state index in [2.05, 4.69) is 17.3 Å². The van der Waals surface area contributed by atoms with E-state index >= 15 is 0 Å². The molecule has 0 bridgehead atoms. The molecule has 7 nitrogen and oxygen atoms in total. The minimum absolute atomic E-state index is 0.0511. The summed E-state index contributed by atoms with van der Waals surface area (Å²) in [5, 5.41) is 7.37. The standard InChI is InChI=1S/C20H28N4O3/c1-3-11-27-17-7-6-10-23(15-17)20(25)21-12-16-13-22-24(14-16)18-8-4-5-9-19(18)26-2/h4-5,8-9,13-14,17H,3,6-7,10-12,15H2,1-2H3,(H,21,25). The lowest BCUT2D eigenvalue weighted by molar-refractivity contribution is 0.0100. The molecule has 1 aromatic carbocycles. The number of urea groups is 1. The fourth-order valence-corrected chi connectivity index (χ4v) is 3.23. The molecule has 0 radical (unpaired) electrons. The fourth-order valence-electron chi connectivity index (χ4n) is 3.23. The molecule has 1 unspecified atom stereocenters. The molecule has 27 heavy (non-hydrogen) atoms. The van der Waals surface area contributed by atoms with Gasteiger partial charge >= 0.3 is 6.03 Å². The second-order valence-electron chi connectivity index (χ2n) is 6.70. The van der Waals surface area contributed by atoms with Crippen LogP contribution in [0.2, 0.25) is 0 Å². The SMILES string of the molecule is CCCOC1CCCN(C(=O)NCc2cnn(-c3ccccc3OC)c2)C1. The zero-order valence-corrected chi connectivity index (χ0v) is 16.1. The minimum atomic E-state index is -0.0511. The Labute approximate surface area is 160 Å². The van der Waals surface area contributed by atoms with Gasteiger partial charge in [-0.15, -0.1) is 0 Å². The highest BCUT2D eigenvalue weighted by atomic mass is 16.5. The summed E-state index contributed by atoms with van der Waals surface area (Å²) in [4.78, 5) is 14.3. The highest BCUT2D eigenvalue weighted by Gasteiger charge is 2.23. The number of methoxy groups -OCH3 is 1. The van der Waals surface area contributed by atoms with Crippen molar-refractivity contribution >= 4 is 6.03 Å². The molecule has 1 atom stereocenters. The van der Waals surface area contributed by atoms with Crippen molar-refractivity contribution in [1.29, 1.82) is 0 Å². The largest absolute Gasteiger partial charge is 0.494 e. The molecule has 1 saturated heterocycles. The number of rotatable bonds is 7. The molecule has 0 aliphatic carbocycles. The van der Waals surface area contributed by atoms with Crippen LogP contribution in [0, 0.1) is 0 Å². The van der Waals surface area contributed by atoms with Crippen molar-refractivity contribution in [3.05, 3.63) is 42.2 Å². The monoisotopic (exact) mass is 372 g/mol. The summed E-state index contributed by atoms with van der Waals surface area (Å²) in [7, 11) is 1.64. The summed E-state index contributed by atoms with van der Waals surface area (Å²) in [6.07, 6.45) is 6.82. The van der Waals surface area contributed by atoms with E-state index in [1.807, 2.05) is 35.4 Å². The van der Waals surface area contributed by atoms with Crippen molar-refractivity contribution < 1.29 is 14.3 Å². The van der Waals surface area contributed by atoms with Gasteiger partial charge < -0.3 is 19.7 Å². The van der Waals surface area contributed by atoms with Crippen LogP contribution < -0.4 is 10.1 Å². The molecule has 0 saturated carbocycles. The normalized spacial score (nSPS) is 17.0. The highest BCUT2D eigenvalue weighted by Crippen LogP contribution is 2.21. The number of nitrogens with one attached hydrogen (secondary N) is 1. The number of likely N-dealkylation sites (tertiary alicyclic amines) is 1. The van der Waals surface area contributed by atoms with Crippen molar-refractivity contribution in [1.82, 2.24) is 20.0 Å². The molecule has 7 heteroatoms. The van der Waals surface area contributed by atoms with E-state index in [9.17, 15) is 4.79 Å². The molecule has 1 aliphatic heterocycles. The molecule has 1 aliphatic rings. The predicted molar refractivity (Wildman–Crippen MR) is 103 cm³/mol. The van der Waals surface area contributed by atoms with Crippen molar-refractivity contribution in [3.8, 4) is 11.4 Å². The topological polar surface area (TPSA) is 68.6 Å². The van der Waals surface area contributed by atoms with E-state index in [0.29, 0.717) is 13.1 Å². The van der Waals surface area contributed by atoms with E-state index in [-0.39, 0.29) is 12.1 Å². The van der Waals surface area contributed by atoms with E-state index in [0.717, 1.165) is 49.4 Å². The van der Waals surface area contributed by atoms with Gasteiger partial charge in [-0.05, 0) is 31.4 Å². The van der Waals surface area contributed by atoms with Crippen LogP contribution in [0.15, 0.2) is 36.7 Å². The Morgan fingerprint density at radius 2 is 2.22 bits per heavy atom. The van der Waals surface area contributed by atoms with E-state index in [4.69, 9.17) is 9.47 Å². The molecule has 3 rings (SSSR count). The fraction of sp³-hybridized carbons (Fsp3) is 0.500. The molecule has 146 valence electrons. The summed E-state index contributed by atoms with van der Waals surface area (Å²) in [6, 6.07) is 7.65. The first-order valence-corrected chi connectivity index (χ1v) is 9.52. The molecule has 2 aromatic rings. The van der Waals surface area contributed by atoms with Crippen LogP contribution in [0.5, 0.6) is 5.75 Å². The lowest BCUT2D eigenvalue weighted by atomic mass is 10.1. The quantitative estimate of drug-likeness (QED) is 0.811. The minimum Gasteiger partial charge on any atom is -0.494 e. The first-order valence-electron chi connectivity index (χ1n) is 9.52. The van der Waals surface area contributed by atoms with Gasteiger partial charge in [-0.25, -0.2) is 9.48 Å². The van der Waals surface area contributed by atoms with Gasteiger partial charge in [-0.2, -0.15) is 5.10 Å². The highest BCUT2D eigenvalue weighted by molar-refractivity contribution is 5.74. The van der Waals surface area contributed by atoms with Crippen molar-refractivity contribution in [2.45, 2.75) is 38.8 Å². The third-order valence-corrected chi connectivity index (χ3v) is 4.63. The van der Waals surface area contributed by atoms with Crippen LogP contribution in [0.1, 0.15) is 31.7 Å². The maximum absolute atomic E-state index is 12.5. The summed E-state index contributed by atoms with van der Waals surface area (Å²) in [6.45, 7) is 4.72. The van der Waals surface area contributed by atoms with Crippen LogP contribution >= 0.6 is 0 Å². The Bertz CT molecular complexity index is 746. The maximum atomic E-state index is 12.5. The number of hydrogen-bond acceptors (Lipinski definition) is 4. The first-order chi connectivity index (χ1) is 13.2. The van der Waals surface area contributed by atoms with Gasteiger partial charge in [-0.1, -0.05) is 19.1 Å². The zero-order chi connectivity index (χ0) is 19.1. The second-order valence-corrected chi connectivity index (χ2v) is 6.70. The van der Waals surface area contributed by atoms with Crippen molar-refractivity contribution in [2.75, 3.05) is 26.8 Å². The van der Waals surface area contributed by atoms with Gasteiger partial charge in [0, 0.05) is 38.0 Å². The number of benzene rings is 1. The number of para-hydroxylation sites is 2. The van der Waals surface area contributed by atoms with Gasteiger partial charge in [0.2, 0.25) is 0 Å². The molecule has 2 heterocycles. The van der Waals surface area contributed by atoms with Crippen LogP contribution in [0.25, 0.3) is 5.69 Å². The Hall–Kier alpha value is -2.54. The summed E-state index contributed by atoms with van der Waals surface area (Å²) in [5.74, 6) is 0.752. The number of hydrogen-bond donors (Lipinski definition) is 1. The number of amides is 2. The van der Waals surface area contributed by atoms with E-state index in [1.54, 1.807) is 18.0 Å². The Kier molecular flexibility index (Phi) is 6.70. The number of piperidine rings is 1. The predicted octanol–water partition coefficient (Wildman–Crippen LogP) is 2.98. The van der Waals surface area contributed by atoms with Gasteiger partial charge in [0.15, 0.2) is 0 Å². The Balaban J connectivity index is 1.54. The van der Waals surface area contributed by atoms with Crippen LogP contribution in [0.3, 0.4) is 0 Å². The Morgan fingerprint density at radius 3 is 3.04 bits per heavy atom. The third kappa shape index (κ3) is 5.01. The third-order valence-electron chi connectivity index (χ3n) is 4.63. The molecule has 2 amide bonds. The molecule has 1 N–H and O–H groups in total. The summed E-state index contributed by atoms with van der Waals surface area (Å²) in [5.41, 5.74) is 1.80. The van der Waals surface area contributed by atoms with Gasteiger partial charge in [0.25, 0.3) is 0 Å². The smallest absolute Gasteiger partial charge is 0.317 e. The number of nitrogens with zero attached hydrogens (tertiary/aromatic N) is 3.